The standard InChI is InChI=1S/C12H17NO/c1-10-5-2-3-7-12(10,14)11-6-4-8-13-9-11/h4,6,8-10,14H,2-3,5,7H2,1H3. The Morgan fingerprint density at radius 3 is 3.00 bits per heavy atom. The summed E-state index contributed by atoms with van der Waals surface area (Å²) in [7, 11) is 0. The van der Waals surface area contributed by atoms with Gasteiger partial charge in [-0.1, -0.05) is 25.8 Å². The van der Waals surface area contributed by atoms with E-state index in [4.69, 9.17) is 0 Å². The van der Waals surface area contributed by atoms with Gasteiger partial charge in [-0.3, -0.25) is 4.98 Å². The molecule has 0 amide bonds. The first-order chi connectivity index (χ1) is 6.73. The Kier molecular flexibility index (Phi) is 2.55. The lowest BCUT2D eigenvalue weighted by Gasteiger charge is -2.38. The van der Waals surface area contributed by atoms with Crippen LogP contribution in [0.15, 0.2) is 24.5 Å². The summed E-state index contributed by atoms with van der Waals surface area (Å²) in [6.45, 7) is 2.13. The van der Waals surface area contributed by atoms with Gasteiger partial charge in [0, 0.05) is 18.0 Å². The number of rotatable bonds is 1. The number of aromatic nitrogens is 1. The van der Waals surface area contributed by atoms with Crippen molar-refractivity contribution in [3.05, 3.63) is 30.1 Å². The van der Waals surface area contributed by atoms with Crippen LogP contribution in [-0.4, -0.2) is 10.1 Å². The van der Waals surface area contributed by atoms with Crippen LogP contribution in [0, 0.1) is 5.92 Å². The maximum Gasteiger partial charge on any atom is 0.0936 e. The highest BCUT2D eigenvalue weighted by Crippen LogP contribution is 2.40. The molecule has 14 heavy (non-hydrogen) atoms. The second-order valence-corrected chi connectivity index (χ2v) is 4.31. The summed E-state index contributed by atoms with van der Waals surface area (Å²) in [4.78, 5) is 4.08. The zero-order valence-corrected chi connectivity index (χ0v) is 8.61. The highest BCUT2D eigenvalue weighted by molar-refractivity contribution is 5.19. The van der Waals surface area contributed by atoms with E-state index in [0.717, 1.165) is 24.8 Å². The third kappa shape index (κ3) is 1.55. The minimum atomic E-state index is -0.632. The Balaban J connectivity index is 2.30. The number of hydrogen-bond acceptors (Lipinski definition) is 2. The lowest BCUT2D eigenvalue weighted by Crippen LogP contribution is -2.36. The van der Waals surface area contributed by atoms with Crippen molar-refractivity contribution in [1.29, 1.82) is 0 Å². The van der Waals surface area contributed by atoms with E-state index in [2.05, 4.69) is 11.9 Å². The van der Waals surface area contributed by atoms with Crippen LogP contribution < -0.4 is 0 Å². The molecule has 1 aliphatic carbocycles. The third-order valence-corrected chi connectivity index (χ3v) is 3.42. The molecule has 1 saturated carbocycles. The SMILES string of the molecule is CC1CCCCC1(O)c1cccnc1. The van der Waals surface area contributed by atoms with Gasteiger partial charge in [0.15, 0.2) is 0 Å². The van der Waals surface area contributed by atoms with E-state index >= 15 is 0 Å². The lowest BCUT2D eigenvalue weighted by atomic mass is 9.73. The minimum absolute atomic E-state index is 0.348. The fourth-order valence-electron chi connectivity index (χ4n) is 2.38. The zero-order valence-electron chi connectivity index (χ0n) is 8.61. The molecule has 0 aromatic carbocycles. The van der Waals surface area contributed by atoms with E-state index < -0.39 is 5.60 Å². The van der Waals surface area contributed by atoms with Crippen LogP contribution in [0.5, 0.6) is 0 Å². The molecule has 0 spiro atoms. The molecule has 76 valence electrons. The van der Waals surface area contributed by atoms with Gasteiger partial charge < -0.3 is 5.11 Å². The third-order valence-electron chi connectivity index (χ3n) is 3.42. The summed E-state index contributed by atoms with van der Waals surface area (Å²) in [5.41, 5.74) is 0.346. The lowest BCUT2D eigenvalue weighted by molar-refractivity contribution is -0.0472. The summed E-state index contributed by atoms with van der Waals surface area (Å²) < 4.78 is 0. The maximum absolute atomic E-state index is 10.6. The van der Waals surface area contributed by atoms with Gasteiger partial charge in [-0.2, -0.15) is 0 Å². The van der Waals surface area contributed by atoms with E-state index in [0.29, 0.717) is 5.92 Å². The van der Waals surface area contributed by atoms with Gasteiger partial charge in [-0.15, -0.1) is 0 Å². The molecule has 0 radical (unpaired) electrons. The number of pyridine rings is 1. The van der Waals surface area contributed by atoms with Gasteiger partial charge in [0.25, 0.3) is 0 Å². The predicted molar refractivity (Wildman–Crippen MR) is 55.8 cm³/mol. The molecule has 1 heterocycles. The van der Waals surface area contributed by atoms with Crippen LogP contribution in [-0.2, 0) is 5.60 Å². The summed E-state index contributed by atoms with van der Waals surface area (Å²) in [6.07, 6.45) is 7.90. The van der Waals surface area contributed by atoms with Crippen molar-refractivity contribution in [2.45, 2.75) is 38.2 Å². The molecule has 2 unspecified atom stereocenters. The molecule has 2 heteroatoms. The molecule has 2 rings (SSSR count). The number of hydrogen-bond donors (Lipinski definition) is 1. The fraction of sp³-hybridized carbons (Fsp3) is 0.583. The molecule has 1 aromatic rings. The number of nitrogens with zero attached hydrogens (tertiary/aromatic N) is 1. The monoisotopic (exact) mass is 191 g/mol. The van der Waals surface area contributed by atoms with Crippen molar-refractivity contribution in [3.8, 4) is 0 Å². The Labute approximate surface area is 85.0 Å². The van der Waals surface area contributed by atoms with Crippen LogP contribution in [0.2, 0.25) is 0 Å². The van der Waals surface area contributed by atoms with Gasteiger partial charge >= 0.3 is 0 Å². The highest BCUT2D eigenvalue weighted by atomic mass is 16.3. The molecule has 0 saturated heterocycles. The first-order valence-corrected chi connectivity index (χ1v) is 5.36. The average Bonchev–Trinajstić information content (AvgIpc) is 2.24. The maximum atomic E-state index is 10.6. The zero-order chi connectivity index (χ0) is 10.0. The molecule has 1 aromatic heterocycles. The summed E-state index contributed by atoms with van der Waals surface area (Å²) >= 11 is 0. The van der Waals surface area contributed by atoms with Gasteiger partial charge in [0.1, 0.15) is 0 Å². The first-order valence-electron chi connectivity index (χ1n) is 5.36. The predicted octanol–water partition coefficient (Wildman–Crippen LogP) is 2.48. The topological polar surface area (TPSA) is 33.1 Å². The Bertz CT molecular complexity index is 298. The van der Waals surface area contributed by atoms with E-state index in [1.165, 1.54) is 6.42 Å². The molecule has 0 bridgehead atoms. The Hall–Kier alpha value is -0.890. The van der Waals surface area contributed by atoms with E-state index in [-0.39, 0.29) is 0 Å². The van der Waals surface area contributed by atoms with Crippen molar-refractivity contribution >= 4 is 0 Å². The van der Waals surface area contributed by atoms with Crippen LogP contribution in [0.25, 0.3) is 0 Å². The molecule has 2 atom stereocenters. The van der Waals surface area contributed by atoms with Crippen LogP contribution in [0.1, 0.15) is 38.2 Å². The van der Waals surface area contributed by atoms with E-state index in [1.807, 2.05) is 12.1 Å². The first kappa shape index (κ1) is 9.66. The summed E-state index contributed by atoms with van der Waals surface area (Å²) in [6, 6.07) is 3.88. The van der Waals surface area contributed by atoms with E-state index in [1.54, 1.807) is 12.4 Å². The van der Waals surface area contributed by atoms with Gasteiger partial charge in [-0.25, -0.2) is 0 Å². The molecule has 1 fully saturated rings. The van der Waals surface area contributed by atoms with Gasteiger partial charge in [0.2, 0.25) is 0 Å². The van der Waals surface area contributed by atoms with Crippen molar-refractivity contribution in [2.75, 3.05) is 0 Å². The largest absolute Gasteiger partial charge is 0.385 e. The highest BCUT2D eigenvalue weighted by Gasteiger charge is 2.37. The Morgan fingerprint density at radius 1 is 1.50 bits per heavy atom. The van der Waals surface area contributed by atoms with Gasteiger partial charge in [-0.05, 0) is 24.8 Å². The molecule has 2 nitrogen and oxygen atoms in total. The van der Waals surface area contributed by atoms with Crippen molar-refractivity contribution in [2.24, 2.45) is 5.92 Å². The average molecular weight is 191 g/mol. The smallest absolute Gasteiger partial charge is 0.0936 e. The molecule has 1 N–H and O–H groups in total. The molecular weight excluding hydrogens is 174 g/mol. The van der Waals surface area contributed by atoms with Crippen LogP contribution >= 0.6 is 0 Å². The molecular formula is C12H17NO. The molecule has 1 aliphatic rings. The van der Waals surface area contributed by atoms with Crippen molar-refractivity contribution in [3.63, 3.8) is 0 Å². The summed E-state index contributed by atoms with van der Waals surface area (Å²) in [5, 5.41) is 10.6. The second-order valence-electron chi connectivity index (χ2n) is 4.31. The second kappa shape index (κ2) is 3.70. The fourth-order valence-corrected chi connectivity index (χ4v) is 2.38. The van der Waals surface area contributed by atoms with Crippen LogP contribution in [0.3, 0.4) is 0 Å². The molecule has 0 aliphatic heterocycles. The van der Waals surface area contributed by atoms with E-state index in [9.17, 15) is 5.11 Å². The number of aliphatic hydroxyl groups is 1. The van der Waals surface area contributed by atoms with Crippen LogP contribution in [0.4, 0.5) is 0 Å². The van der Waals surface area contributed by atoms with Gasteiger partial charge in [0.05, 0.1) is 5.60 Å². The Morgan fingerprint density at radius 2 is 2.36 bits per heavy atom. The van der Waals surface area contributed by atoms with Crippen molar-refractivity contribution in [1.82, 2.24) is 4.98 Å². The van der Waals surface area contributed by atoms with Crippen molar-refractivity contribution < 1.29 is 5.11 Å². The summed E-state index contributed by atoms with van der Waals surface area (Å²) in [5.74, 6) is 0.348. The minimum Gasteiger partial charge on any atom is -0.385 e. The quantitative estimate of drug-likeness (QED) is 0.739. The normalized spacial score (nSPS) is 32.9.